The second-order valence-electron chi connectivity index (χ2n) is 6.71. The molecule has 0 aliphatic heterocycles. The molecular formula is C23H25ClN2O. The fourth-order valence-electron chi connectivity index (χ4n) is 2.93. The molecule has 0 amide bonds. The Kier molecular flexibility index (Phi) is 6.88. The molecule has 0 aliphatic carbocycles. The van der Waals surface area contributed by atoms with Crippen molar-refractivity contribution < 1.29 is 5.11 Å². The maximum absolute atomic E-state index is 10.3. The first-order chi connectivity index (χ1) is 13.1. The van der Waals surface area contributed by atoms with Crippen LogP contribution in [0.1, 0.15) is 18.6 Å². The molecule has 140 valence electrons. The number of halogens is 1. The van der Waals surface area contributed by atoms with Gasteiger partial charge in [-0.2, -0.15) is 0 Å². The molecule has 3 aromatic carbocycles. The summed E-state index contributed by atoms with van der Waals surface area (Å²) in [6, 6.07) is 26.3. The number of hydrogen-bond acceptors (Lipinski definition) is 3. The van der Waals surface area contributed by atoms with Crippen LogP contribution in [0.25, 0.3) is 11.1 Å². The van der Waals surface area contributed by atoms with Crippen LogP contribution in [0, 0.1) is 0 Å². The molecule has 3 rings (SSSR count). The Morgan fingerprint density at radius 3 is 2.37 bits per heavy atom. The van der Waals surface area contributed by atoms with Crippen LogP contribution in [-0.4, -0.2) is 24.2 Å². The molecule has 4 heteroatoms. The first-order valence-corrected chi connectivity index (χ1v) is 9.56. The maximum atomic E-state index is 10.3. The van der Waals surface area contributed by atoms with Gasteiger partial charge in [0.05, 0.1) is 6.10 Å². The summed E-state index contributed by atoms with van der Waals surface area (Å²) in [5, 5.41) is 17.8. The fourth-order valence-corrected chi connectivity index (χ4v) is 3.13. The first-order valence-electron chi connectivity index (χ1n) is 9.18. The second-order valence-corrected chi connectivity index (χ2v) is 7.14. The van der Waals surface area contributed by atoms with Crippen molar-refractivity contribution in [2.75, 3.05) is 18.4 Å². The van der Waals surface area contributed by atoms with Crippen molar-refractivity contribution in [2.45, 2.75) is 19.1 Å². The molecule has 2 atom stereocenters. The van der Waals surface area contributed by atoms with Crippen molar-refractivity contribution in [1.82, 2.24) is 5.32 Å². The van der Waals surface area contributed by atoms with E-state index in [0.717, 1.165) is 17.8 Å². The molecule has 0 saturated carbocycles. The predicted molar refractivity (Wildman–Crippen MR) is 114 cm³/mol. The zero-order valence-electron chi connectivity index (χ0n) is 15.4. The Morgan fingerprint density at radius 1 is 0.852 bits per heavy atom. The van der Waals surface area contributed by atoms with Gasteiger partial charge in [0, 0.05) is 29.8 Å². The summed E-state index contributed by atoms with van der Waals surface area (Å²) < 4.78 is 0. The number of anilines is 1. The lowest BCUT2D eigenvalue weighted by molar-refractivity contribution is 0.171. The third kappa shape index (κ3) is 5.83. The Balaban J connectivity index is 1.50. The first kappa shape index (κ1) is 19.4. The molecule has 0 radical (unpaired) electrons. The number of aliphatic hydroxyl groups is 1. The van der Waals surface area contributed by atoms with Gasteiger partial charge in [-0.05, 0) is 47.9 Å². The standard InChI is InChI=1S/C23H25ClN2O/c1-17(25-16-23(27)20-10-5-11-21(24)13-20)15-26-22-12-6-9-19(14-22)18-7-3-2-4-8-18/h2-14,17,23,25-27H,15-16H2,1H3/t17-,23+/m1/s1. The second kappa shape index (κ2) is 9.56. The van der Waals surface area contributed by atoms with Gasteiger partial charge in [0.15, 0.2) is 0 Å². The average Bonchev–Trinajstić information content (AvgIpc) is 2.71. The molecule has 0 bridgehead atoms. The highest BCUT2D eigenvalue weighted by Crippen LogP contribution is 2.22. The van der Waals surface area contributed by atoms with E-state index in [9.17, 15) is 5.11 Å². The van der Waals surface area contributed by atoms with E-state index in [0.29, 0.717) is 11.6 Å². The van der Waals surface area contributed by atoms with Gasteiger partial charge >= 0.3 is 0 Å². The van der Waals surface area contributed by atoms with Gasteiger partial charge in [0.25, 0.3) is 0 Å². The smallest absolute Gasteiger partial charge is 0.0915 e. The van der Waals surface area contributed by atoms with Crippen LogP contribution >= 0.6 is 11.6 Å². The minimum absolute atomic E-state index is 0.208. The summed E-state index contributed by atoms with van der Waals surface area (Å²) in [6.45, 7) is 3.34. The lowest BCUT2D eigenvalue weighted by atomic mass is 10.1. The van der Waals surface area contributed by atoms with Gasteiger partial charge in [-0.25, -0.2) is 0 Å². The summed E-state index contributed by atoms with van der Waals surface area (Å²) in [5.74, 6) is 0. The molecule has 3 N–H and O–H groups in total. The van der Waals surface area contributed by atoms with E-state index in [-0.39, 0.29) is 6.04 Å². The highest BCUT2D eigenvalue weighted by molar-refractivity contribution is 6.30. The largest absolute Gasteiger partial charge is 0.387 e. The van der Waals surface area contributed by atoms with Crippen LogP contribution in [0.15, 0.2) is 78.9 Å². The highest BCUT2D eigenvalue weighted by Gasteiger charge is 2.10. The van der Waals surface area contributed by atoms with Crippen LogP contribution in [0.3, 0.4) is 0 Å². The van der Waals surface area contributed by atoms with Crippen LogP contribution in [0.5, 0.6) is 0 Å². The number of aliphatic hydroxyl groups excluding tert-OH is 1. The van der Waals surface area contributed by atoms with Gasteiger partial charge in [0.2, 0.25) is 0 Å². The number of rotatable bonds is 8. The molecule has 0 saturated heterocycles. The summed E-state index contributed by atoms with van der Waals surface area (Å²) >= 11 is 5.98. The minimum atomic E-state index is -0.576. The Bertz CT molecular complexity index is 854. The average molecular weight is 381 g/mol. The molecular weight excluding hydrogens is 356 g/mol. The van der Waals surface area contributed by atoms with Gasteiger partial charge in [-0.1, -0.05) is 66.2 Å². The minimum Gasteiger partial charge on any atom is -0.387 e. The van der Waals surface area contributed by atoms with E-state index in [1.54, 1.807) is 12.1 Å². The summed E-state index contributed by atoms with van der Waals surface area (Å²) in [4.78, 5) is 0. The van der Waals surface area contributed by atoms with Crippen LogP contribution in [0.2, 0.25) is 5.02 Å². The Morgan fingerprint density at radius 2 is 1.59 bits per heavy atom. The highest BCUT2D eigenvalue weighted by atomic mass is 35.5. The maximum Gasteiger partial charge on any atom is 0.0915 e. The summed E-state index contributed by atoms with van der Waals surface area (Å²) in [6.07, 6.45) is -0.576. The van der Waals surface area contributed by atoms with Crippen molar-refractivity contribution in [2.24, 2.45) is 0 Å². The number of benzene rings is 3. The Labute approximate surface area is 166 Å². The van der Waals surface area contributed by atoms with E-state index in [4.69, 9.17) is 11.6 Å². The van der Waals surface area contributed by atoms with E-state index in [2.05, 4.69) is 54.0 Å². The SMILES string of the molecule is C[C@H](CNc1cccc(-c2ccccc2)c1)NC[C@H](O)c1cccc(Cl)c1. The quantitative estimate of drug-likeness (QED) is 0.507. The van der Waals surface area contributed by atoms with Gasteiger partial charge in [-0.15, -0.1) is 0 Å². The van der Waals surface area contributed by atoms with Gasteiger partial charge in [-0.3, -0.25) is 0 Å². The molecule has 0 heterocycles. The number of nitrogens with one attached hydrogen (secondary N) is 2. The van der Waals surface area contributed by atoms with E-state index < -0.39 is 6.10 Å². The Hall–Kier alpha value is -2.33. The molecule has 3 aromatic rings. The van der Waals surface area contributed by atoms with E-state index in [1.807, 2.05) is 30.3 Å². The van der Waals surface area contributed by atoms with Crippen LogP contribution in [0.4, 0.5) is 5.69 Å². The topological polar surface area (TPSA) is 44.3 Å². The molecule has 0 unspecified atom stereocenters. The molecule has 0 fully saturated rings. The van der Waals surface area contributed by atoms with Crippen LogP contribution < -0.4 is 10.6 Å². The van der Waals surface area contributed by atoms with Crippen LogP contribution in [-0.2, 0) is 0 Å². The lowest BCUT2D eigenvalue weighted by Gasteiger charge is -2.19. The van der Waals surface area contributed by atoms with Gasteiger partial charge in [0.1, 0.15) is 0 Å². The fraction of sp³-hybridized carbons (Fsp3) is 0.217. The molecule has 27 heavy (non-hydrogen) atoms. The van der Waals surface area contributed by atoms with Crippen molar-refractivity contribution in [1.29, 1.82) is 0 Å². The van der Waals surface area contributed by atoms with Crippen molar-refractivity contribution in [3.05, 3.63) is 89.4 Å². The molecule has 0 spiro atoms. The third-order valence-corrected chi connectivity index (χ3v) is 4.71. The van der Waals surface area contributed by atoms with E-state index in [1.165, 1.54) is 11.1 Å². The summed E-state index contributed by atoms with van der Waals surface area (Å²) in [5.41, 5.74) is 4.31. The third-order valence-electron chi connectivity index (χ3n) is 4.48. The van der Waals surface area contributed by atoms with Crippen molar-refractivity contribution in [3.8, 4) is 11.1 Å². The lowest BCUT2D eigenvalue weighted by Crippen LogP contribution is -2.35. The number of hydrogen-bond donors (Lipinski definition) is 3. The summed E-state index contributed by atoms with van der Waals surface area (Å²) in [7, 11) is 0. The molecule has 0 aliphatic rings. The molecule has 0 aromatic heterocycles. The van der Waals surface area contributed by atoms with E-state index >= 15 is 0 Å². The zero-order chi connectivity index (χ0) is 19.1. The zero-order valence-corrected chi connectivity index (χ0v) is 16.2. The normalized spacial score (nSPS) is 13.1. The monoisotopic (exact) mass is 380 g/mol. The van der Waals surface area contributed by atoms with Gasteiger partial charge < -0.3 is 15.7 Å². The van der Waals surface area contributed by atoms with Crippen molar-refractivity contribution in [3.63, 3.8) is 0 Å². The predicted octanol–water partition coefficient (Wildman–Crippen LogP) is 5.13. The van der Waals surface area contributed by atoms with Crippen molar-refractivity contribution >= 4 is 17.3 Å². The molecule has 3 nitrogen and oxygen atoms in total.